The fourth-order valence-corrected chi connectivity index (χ4v) is 2.90. The molecule has 0 saturated heterocycles. The van der Waals surface area contributed by atoms with Crippen LogP contribution in [0.15, 0.2) is 52.9 Å². The van der Waals surface area contributed by atoms with Crippen molar-refractivity contribution in [2.24, 2.45) is 0 Å². The molecule has 2 aromatic carbocycles. The quantitative estimate of drug-likeness (QED) is 0.566. The number of rotatable bonds is 8. The van der Waals surface area contributed by atoms with Gasteiger partial charge in [0.05, 0.1) is 7.11 Å². The van der Waals surface area contributed by atoms with Gasteiger partial charge in [-0.15, -0.1) is 12.4 Å². The molecule has 2 N–H and O–H groups in total. The molecule has 0 aliphatic heterocycles. The molecule has 1 aromatic heterocycles. The molecule has 6 heteroatoms. The van der Waals surface area contributed by atoms with Gasteiger partial charge >= 0.3 is 0 Å². The number of methoxy groups -OCH3 is 1. The molecule has 0 aliphatic carbocycles. The van der Waals surface area contributed by atoms with Crippen molar-refractivity contribution < 1.29 is 13.9 Å². The van der Waals surface area contributed by atoms with Crippen molar-refractivity contribution in [3.05, 3.63) is 54.3 Å². The molecular formula is C21H25ClN2O3. The summed E-state index contributed by atoms with van der Waals surface area (Å²) >= 11 is 0. The number of nitrogens with one attached hydrogen (secondary N) is 2. The van der Waals surface area contributed by atoms with Gasteiger partial charge in [0.15, 0.2) is 0 Å². The van der Waals surface area contributed by atoms with Crippen molar-refractivity contribution in [1.82, 2.24) is 10.6 Å². The molecule has 0 radical (unpaired) electrons. The van der Waals surface area contributed by atoms with Gasteiger partial charge in [0.1, 0.15) is 11.3 Å². The van der Waals surface area contributed by atoms with Crippen molar-refractivity contribution in [3.63, 3.8) is 0 Å². The summed E-state index contributed by atoms with van der Waals surface area (Å²) in [5.41, 5.74) is 2.39. The first-order valence-corrected chi connectivity index (χ1v) is 8.89. The number of carbonyl (C=O) groups is 1. The Bertz CT molecular complexity index is 878. The first-order valence-electron chi connectivity index (χ1n) is 8.89. The largest absolute Gasteiger partial charge is 0.497 e. The molecule has 0 bridgehead atoms. The zero-order chi connectivity index (χ0) is 18.4. The molecule has 0 unspecified atom stereocenters. The van der Waals surface area contributed by atoms with Crippen LogP contribution in [0.3, 0.4) is 0 Å². The van der Waals surface area contributed by atoms with E-state index < -0.39 is 0 Å². The van der Waals surface area contributed by atoms with Crippen LogP contribution in [0.5, 0.6) is 5.75 Å². The number of fused-ring (bicyclic) bond motifs is 1. The molecule has 0 fully saturated rings. The molecule has 1 amide bonds. The monoisotopic (exact) mass is 388 g/mol. The number of halogens is 1. The lowest BCUT2D eigenvalue weighted by Crippen LogP contribution is -2.32. The Morgan fingerprint density at radius 3 is 2.56 bits per heavy atom. The molecule has 27 heavy (non-hydrogen) atoms. The van der Waals surface area contributed by atoms with Crippen LogP contribution in [0.2, 0.25) is 0 Å². The Labute approximate surface area is 165 Å². The van der Waals surface area contributed by atoms with Gasteiger partial charge in [0, 0.05) is 30.1 Å². The van der Waals surface area contributed by atoms with Crippen LogP contribution >= 0.6 is 12.4 Å². The summed E-state index contributed by atoms with van der Waals surface area (Å²) in [6.45, 7) is 4.33. The highest BCUT2D eigenvalue weighted by Crippen LogP contribution is 2.36. The van der Waals surface area contributed by atoms with Gasteiger partial charge in [-0.05, 0) is 30.7 Å². The summed E-state index contributed by atoms with van der Waals surface area (Å²) in [7, 11) is 1.61. The molecule has 0 atom stereocenters. The van der Waals surface area contributed by atoms with E-state index in [1.165, 1.54) is 0 Å². The molecular weight excluding hydrogens is 364 g/mol. The topological polar surface area (TPSA) is 63.5 Å². The average Bonchev–Trinajstić information content (AvgIpc) is 3.07. The van der Waals surface area contributed by atoms with Gasteiger partial charge in [0.2, 0.25) is 5.76 Å². The normalized spacial score (nSPS) is 10.4. The zero-order valence-electron chi connectivity index (χ0n) is 15.6. The number of hydrogen-bond donors (Lipinski definition) is 2. The summed E-state index contributed by atoms with van der Waals surface area (Å²) < 4.78 is 11.2. The molecule has 0 saturated carbocycles. The van der Waals surface area contributed by atoms with E-state index in [4.69, 9.17) is 9.15 Å². The van der Waals surface area contributed by atoms with Gasteiger partial charge in [-0.25, -0.2) is 0 Å². The maximum atomic E-state index is 12.7. The summed E-state index contributed by atoms with van der Waals surface area (Å²) in [6.07, 6.45) is 1.07. The van der Waals surface area contributed by atoms with E-state index in [1.54, 1.807) is 13.2 Å². The third-order valence-electron chi connectivity index (χ3n) is 4.18. The van der Waals surface area contributed by atoms with E-state index in [9.17, 15) is 4.79 Å². The van der Waals surface area contributed by atoms with E-state index in [2.05, 4.69) is 17.6 Å². The Kier molecular flexibility index (Phi) is 7.70. The Morgan fingerprint density at radius 1 is 1.07 bits per heavy atom. The number of amides is 1. The fraction of sp³-hybridized carbons (Fsp3) is 0.286. The standard InChI is InChI=1S/C21H24N2O3.ClH/c1-3-11-22-12-13-23-21(24)20-19(15-7-5-4-6-8-15)17-10-9-16(25-2)14-18(17)26-20;/h4-10,14,22H,3,11-13H2,1-2H3,(H,23,24);1H. The predicted octanol–water partition coefficient (Wildman–Crippen LogP) is 4.26. The number of furan rings is 1. The lowest BCUT2D eigenvalue weighted by atomic mass is 10.0. The SMILES string of the molecule is CCCNCCNC(=O)c1oc2cc(OC)ccc2c1-c1ccccc1.Cl. The van der Waals surface area contributed by atoms with Gasteiger partial charge < -0.3 is 19.8 Å². The van der Waals surface area contributed by atoms with E-state index in [-0.39, 0.29) is 18.3 Å². The minimum absolute atomic E-state index is 0. The number of carbonyl (C=O) groups excluding carboxylic acids is 1. The first kappa shape index (κ1) is 20.8. The molecule has 5 nitrogen and oxygen atoms in total. The Morgan fingerprint density at radius 2 is 1.85 bits per heavy atom. The van der Waals surface area contributed by atoms with Gasteiger partial charge in [0.25, 0.3) is 5.91 Å². The van der Waals surface area contributed by atoms with Gasteiger partial charge in [-0.2, -0.15) is 0 Å². The highest BCUT2D eigenvalue weighted by Gasteiger charge is 2.22. The maximum absolute atomic E-state index is 12.7. The van der Waals surface area contributed by atoms with E-state index in [1.807, 2.05) is 42.5 Å². The smallest absolute Gasteiger partial charge is 0.287 e. The second-order valence-corrected chi connectivity index (χ2v) is 6.04. The van der Waals surface area contributed by atoms with Crippen LogP contribution in [0.4, 0.5) is 0 Å². The molecule has 144 valence electrons. The van der Waals surface area contributed by atoms with Crippen molar-refractivity contribution in [1.29, 1.82) is 0 Å². The number of hydrogen-bond acceptors (Lipinski definition) is 4. The molecule has 3 aromatic rings. The summed E-state index contributed by atoms with van der Waals surface area (Å²) in [4.78, 5) is 12.7. The van der Waals surface area contributed by atoms with E-state index >= 15 is 0 Å². The molecule has 3 rings (SSSR count). The number of benzene rings is 2. The summed E-state index contributed by atoms with van der Waals surface area (Å²) in [5, 5.41) is 7.09. The minimum Gasteiger partial charge on any atom is -0.497 e. The van der Waals surface area contributed by atoms with Crippen LogP contribution in [-0.2, 0) is 0 Å². The molecule has 1 heterocycles. The highest BCUT2D eigenvalue weighted by atomic mass is 35.5. The zero-order valence-corrected chi connectivity index (χ0v) is 16.4. The summed E-state index contributed by atoms with van der Waals surface area (Å²) in [5.74, 6) is 0.814. The maximum Gasteiger partial charge on any atom is 0.287 e. The second kappa shape index (κ2) is 10.00. The molecule has 0 aliphatic rings. The number of ether oxygens (including phenoxy) is 1. The van der Waals surface area contributed by atoms with Crippen LogP contribution in [0.1, 0.15) is 23.9 Å². The Balaban J connectivity index is 0.00000261. The van der Waals surface area contributed by atoms with Crippen molar-refractivity contribution >= 4 is 29.3 Å². The van der Waals surface area contributed by atoms with Gasteiger partial charge in [-0.1, -0.05) is 37.3 Å². The van der Waals surface area contributed by atoms with Crippen LogP contribution in [-0.4, -0.2) is 32.7 Å². The van der Waals surface area contributed by atoms with E-state index in [0.29, 0.717) is 23.6 Å². The summed E-state index contributed by atoms with van der Waals surface area (Å²) in [6, 6.07) is 15.4. The predicted molar refractivity (Wildman–Crippen MR) is 111 cm³/mol. The Hall–Kier alpha value is -2.50. The minimum atomic E-state index is -0.211. The fourth-order valence-electron chi connectivity index (χ4n) is 2.90. The highest BCUT2D eigenvalue weighted by molar-refractivity contribution is 6.08. The average molecular weight is 389 g/mol. The molecule has 0 spiro atoms. The lowest BCUT2D eigenvalue weighted by Gasteiger charge is -2.06. The van der Waals surface area contributed by atoms with Crippen LogP contribution in [0, 0.1) is 0 Å². The van der Waals surface area contributed by atoms with Crippen molar-refractivity contribution in [2.75, 3.05) is 26.7 Å². The third-order valence-corrected chi connectivity index (χ3v) is 4.18. The first-order chi connectivity index (χ1) is 12.7. The van der Waals surface area contributed by atoms with Gasteiger partial charge in [-0.3, -0.25) is 4.79 Å². The third kappa shape index (κ3) is 4.81. The lowest BCUT2D eigenvalue weighted by molar-refractivity contribution is 0.0929. The van der Waals surface area contributed by atoms with Crippen LogP contribution < -0.4 is 15.4 Å². The van der Waals surface area contributed by atoms with E-state index in [0.717, 1.165) is 36.0 Å². The second-order valence-electron chi connectivity index (χ2n) is 6.04. The van der Waals surface area contributed by atoms with Crippen molar-refractivity contribution in [2.45, 2.75) is 13.3 Å². The van der Waals surface area contributed by atoms with Crippen LogP contribution in [0.25, 0.3) is 22.1 Å². The van der Waals surface area contributed by atoms with Crippen molar-refractivity contribution in [3.8, 4) is 16.9 Å².